The number of ether oxygens (including phenoxy) is 2. The summed E-state index contributed by atoms with van der Waals surface area (Å²) in [5.74, 6) is -3.26. The van der Waals surface area contributed by atoms with Crippen LogP contribution in [0.2, 0.25) is 0 Å². The highest BCUT2D eigenvalue weighted by atomic mass is 16.5. The first-order valence-corrected chi connectivity index (χ1v) is 12.7. The molecule has 1 aliphatic heterocycles. The van der Waals surface area contributed by atoms with Crippen LogP contribution >= 0.6 is 0 Å². The van der Waals surface area contributed by atoms with Gasteiger partial charge in [0.05, 0.1) is 18.8 Å². The molecule has 0 amide bonds. The van der Waals surface area contributed by atoms with Crippen LogP contribution < -0.4 is 5.32 Å². The lowest BCUT2D eigenvalue weighted by atomic mass is 9.67. The van der Waals surface area contributed by atoms with Crippen LogP contribution in [-0.2, 0) is 23.9 Å². The molecule has 0 radical (unpaired) electrons. The second kappa shape index (κ2) is 11.4. The van der Waals surface area contributed by atoms with E-state index in [1.165, 1.54) is 0 Å². The molecule has 36 heavy (non-hydrogen) atoms. The lowest BCUT2D eigenvalue weighted by molar-refractivity contribution is -0.152. The Morgan fingerprint density at radius 1 is 0.889 bits per heavy atom. The molecule has 0 saturated heterocycles. The summed E-state index contributed by atoms with van der Waals surface area (Å²) >= 11 is 0. The van der Waals surface area contributed by atoms with E-state index in [-0.39, 0.29) is 24.9 Å². The van der Waals surface area contributed by atoms with Gasteiger partial charge in [-0.05, 0) is 37.8 Å². The molecule has 0 bridgehead atoms. The number of hydrogen-bond donors (Lipinski definition) is 1. The third kappa shape index (κ3) is 4.85. The van der Waals surface area contributed by atoms with Gasteiger partial charge in [-0.25, -0.2) is 4.79 Å². The summed E-state index contributed by atoms with van der Waals surface area (Å²) in [7, 11) is 0. The Morgan fingerprint density at radius 2 is 1.50 bits per heavy atom. The second-order valence-electron chi connectivity index (χ2n) is 9.04. The molecule has 6 heteroatoms. The van der Waals surface area contributed by atoms with Gasteiger partial charge in [-0.2, -0.15) is 0 Å². The zero-order valence-electron chi connectivity index (χ0n) is 21.1. The van der Waals surface area contributed by atoms with Crippen molar-refractivity contribution in [3.8, 4) is 0 Å². The second-order valence-corrected chi connectivity index (χ2v) is 9.04. The Bertz CT molecular complexity index is 1180. The molecule has 0 spiro atoms. The van der Waals surface area contributed by atoms with Gasteiger partial charge in [0.25, 0.3) is 0 Å². The molecule has 2 aliphatic rings. The maximum absolute atomic E-state index is 14.3. The minimum Gasteiger partial charge on any atom is -0.465 e. The Morgan fingerprint density at radius 3 is 2.08 bits per heavy atom. The minimum absolute atomic E-state index is 0.186. The van der Waals surface area contributed by atoms with Crippen molar-refractivity contribution in [3.05, 3.63) is 94.3 Å². The van der Waals surface area contributed by atoms with Gasteiger partial charge < -0.3 is 14.8 Å². The Balaban J connectivity index is 1.91. The molecular weight excluding hydrogens is 454 g/mol. The zero-order chi connectivity index (χ0) is 25.7. The monoisotopic (exact) mass is 487 g/mol. The molecule has 2 aromatic carbocycles. The number of carbonyl (C=O) groups excluding carboxylic acids is 3. The van der Waals surface area contributed by atoms with Crippen molar-refractivity contribution in [1.29, 1.82) is 0 Å². The summed E-state index contributed by atoms with van der Waals surface area (Å²) in [5.41, 5.74) is 4.16. The van der Waals surface area contributed by atoms with E-state index < -0.39 is 23.8 Å². The van der Waals surface area contributed by atoms with Crippen molar-refractivity contribution >= 4 is 17.7 Å². The van der Waals surface area contributed by atoms with E-state index in [1.807, 2.05) is 60.7 Å². The average Bonchev–Trinajstić information content (AvgIpc) is 2.89. The minimum atomic E-state index is -0.990. The normalized spacial score (nSPS) is 21.5. The molecule has 0 saturated carbocycles. The van der Waals surface area contributed by atoms with Crippen molar-refractivity contribution in [3.63, 3.8) is 0 Å². The van der Waals surface area contributed by atoms with Gasteiger partial charge in [0.15, 0.2) is 5.78 Å². The first kappa shape index (κ1) is 25.4. The van der Waals surface area contributed by atoms with E-state index in [0.29, 0.717) is 24.0 Å². The van der Waals surface area contributed by atoms with E-state index in [0.717, 1.165) is 28.9 Å². The van der Waals surface area contributed by atoms with Crippen molar-refractivity contribution in [2.45, 2.75) is 51.9 Å². The summed E-state index contributed by atoms with van der Waals surface area (Å²) in [6, 6.07) is 19.1. The van der Waals surface area contributed by atoms with E-state index in [1.54, 1.807) is 13.8 Å². The van der Waals surface area contributed by atoms with Crippen LogP contribution in [-0.4, -0.2) is 30.9 Å². The molecule has 0 unspecified atom stereocenters. The van der Waals surface area contributed by atoms with Gasteiger partial charge in [-0.15, -0.1) is 0 Å². The van der Waals surface area contributed by atoms with Crippen molar-refractivity contribution in [2.75, 3.05) is 13.2 Å². The number of benzene rings is 2. The van der Waals surface area contributed by atoms with Crippen LogP contribution in [0, 0.1) is 5.92 Å². The van der Waals surface area contributed by atoms with Gasteiger partial charge in [0, 0.05) is 28.8 Å². The molecule has 1 aliphatic carbocycles. The topological polar surface area (TPSA) is 81.7 Å². The zero-order valence-corrected chi connectivity index (χ0v) is 21.1. The maximum Gasteiger partial charge on any atom is 0.336 e. The van der Waals surface area contributed by atoms with Crippen LogP contribution in [0.3, 0.4) is 0 Å². The van der Waals surface area contributed by atoms with Gasteiger partial charge in [0.1, 0.15) is 5.92 Å². The largest absolute Gasteiger partial charge is 0.465 e. The highest BCUT2D eigenvalue weighted by Crippen LogP contribution is 2.48. The summed E-state index contributed by atoms with van der Waals surface area (Å²) < 4.78 is 10.9. The molecule has 4 rings (SSSR count). The predicted octanol–water partition coefficient (Wildman–Crippen LogP) is 5.18. The molecule has 0 fully saturated rings. The average molecular weight is 488 g/mol. The van der Waals surface area contributed by atoms with Crippen molar-refractivity contribution < 1.29 is 23.9 Å². The van der Waals surface area contributed by atoms with Crippen LogP contribution in [0.4, 0.5) is 0 Å². The highest BCUT2D eigenvalue weighted by Gasteiger charge is 2.49. The fraction of sp³-hybridized carbons (Fsp3) is 0.367. The number of nitrogens with one attached hydrogen (secondary N) is 1. The van der Waals surface area contributed by atoms with Crippen molar-refractivity contribution in [2.24, 2.45) is 5.92 Å². The standard InChI is InChI=1S/C30H33NO5/c1-4-13-22-27(30(34)36-6-3)24(20-16-11-8-12-17-20)26-23(31-22)18-21(19-14-9-7-10-15-19)25(28(26)32)29(33)35-5-2/h7-12,14-17,21,24-25,31H,4-6,13,18H2,1-3H3/t21-,24+,25+/m0/s1. The quantitative estimate of drug-likeness (QED) is 0.408. The van der Waals surface area contributed by atoms with Gasteiger partial charge in [-0.1, -0.05) is 74.0 Å². The predicted molar refractivity (Wildman–Crippen MR) is 137 cm³/mol. The van der Waals surface area contributed by atoms with E-state index in [9.17, 15) is 14.4 Å². The van der Waals surface area contributed by atoms with Gasteiger partial charge >= 0.3 is 11.9 Å². The summed E-state index contributed by atoms with van der Waals surface area (Å²) in [4.78, 5) is 40.8. The van der Waals surface area contributed by atoms with Crippen molar-refractivity contribution in [1.82, 2.24) is 5.32 Å². The summed E-state index contributed by atoms with van der Waals surface area (Å²) in [6.45, 7) is 5.97. The van der Waals surface area contributed by atoms with E-state index in [4.69, 9.17) is 9.47 Å². The third-order valence-corrected chi connectivity index (χ3v) is 6.80. The maximum atomic E-state index is 14.3. The Kier molecular flexibility index (Phi) is 8.04. The molecule has 1 heterocycles. The third-order valence-electron chi connectivity index (χ3n) is 6.80. The number of carbonyl (C=O) groups is 3. The lowest BCUT2D eigenvalue weighted by Gasteiger charge is -2.40. The molecule has 6 nitrogen and oxygen atoms in total. The molecule has 3 atom stereocenters. The number of esters is 2. The van der Waals surface area contributed by atoms with Gasteiger partial charge in [0.2, 0.25) is 0 Å². The van der Waals surface area contributed by atoms with E-state index >= 15 is 0 Å². The summed E-state index contributed by atoms with van der Waals surface area (Å²) in [6.07, 6.45) is 1.91. The molecule has 188 valence electrons. The Labute approximate surface area is 212 Å². The molecule has 0 aromatic heterocycles. The van der Waals surface area contributed by atoms with Crippen LogP contribution in [0.15, 0.2) is 83.2 Å². The number of ketones is 1. The van der Waals surface area contributed by atoms with E-state index in [2.05, 4.69) is 12.2 Å². The number of dihydropyridines is 1. The number of hydrogen-bond acceptors (Lipinski definition) is 6. The summed E-state index contributed by atoms with van der Waals surface area (Å²) in [5, 5.41) is 3.45. The fourth-order valence-corrected chi connectivity index (χ4v) is 5.34. The molecular formula is C30H33NO5. The molecule has 1 N–H and O–H groups in total. The van der Waals surface area contributed by atoms with Crippen LogP contribution in [0.25, 0.3) is 0 Å². The first-order valence-electron chi connectivity index (χ1n) is 12.7. The van der Waals surface area contributed by atoms with Crippen LogP contribution in [0.1, 0.15) is 63.0 Å². The number of allylic oxidation sites excluding steroid dienone is 3. The first-order chi connectivity index (χ1) is 17.5. The van der Waals surface area contributed by atoms with Gasteiger partial charge in [-0.3, -0.25) is 9.59 Å². The molecule has 2 aromatic rings. The highest BCUT2D eigenvalue weighted by molar-refractivity contribution is 6.13. The Hall–Kier alpha value is -3.67. The van der Waals surface area contributed by atoms with Crippen LogP contribution in [0.5, 0.6) is 0 Å². The fourth-order valence-electron chi connectivity index (χ4n) is 5.34. The smallest absolute Gasteiger partial charge is 0.336 e. The lowest BCUT2D eigenvalue weighted by Crippen LogP contribution is -2.43. The number of Topliss-reactive ketones (excluding diaryl/α,β-unsaturated/α-hetero) is 1. The number of rotatable bonds is 8. The SMILES string of the molecule is CCCC1=C(C(=O)OCC)[C@H](c2ccccc2)C2=C(C[C@@H](c3ccccc3)[C@@H](C(=O)OCC)C2=O)N1.